The van der Waals surface area contributed by atoms with Gasteiger partial charge < -0.3 is 23.4 Å². The van der Waals surface area contributed by atoms with Crippen molar-refractivity contribution in [3.05, 3.63) is 24.8 Å². The standard InChI is InChI=1S/C26H52O5Si2/c1-15-16-20(27)17-18-21(31-33(13,14)25(6,7)8)23-22(28-26(9,10)29-23)19(2)30-32(11,12)24(3,4)5/h15,17-23,27H,1,16H2,2-14H3/b18-17-/t19-,20+,21-,22-,23-/m0/s1. The van der Waals surface area contributed by atoms with Crippen molar-refractivity contribution in [1.29, 1.82) is 0 Å². The Hall–Kier alpha value is -0.286. The van der Waals surface area contributed by atoms with Crippen molar-refractivity contribution < 1.29 is 23.4 Å². The van der Waals surface area contributed by atoms with Gasteiger partial charge in [0.2, 0.25) is 0 Å². The van der Waals surface area contributed by atoms with E-state index in [1.807, 2.05) is 19.9 Å². The van der Waals surface area contributed by atoms with Gasteiger partial charge >= 0.3 is 0 Å². The topological polar surface area (TPSA) is 57.2 Å². The highest BCUT2D eigenvalue weighted by Crippen LogP contribution is 2.42. The van der Waals surface area contributed by atoms with E-state index in [0.29, 0.717) is 6.42 Å². The van der Waals surface area contributed by atoms with Crippen molar-refractivity contribution in [2.75, 3.05) is 0 Å². The summed E-state index contributed by atoms with van der Waals surface area (Å²) in [6, 6.07) is 0. The van der Waals surface area contributed by atoms with Crippen LogP contribution in [0.3, 0.4) is 0 Å². The summed E-state index contributed by atoms with van der Waals surface area (Å²) in [6.07, 6.45) is 4.20. The number of ether oxygens (including phenoxy) is 2. The molecule has 1 fully saturated rings. The van der Waals surface area contributed by atoms with Gasteiger partial charge in [-0.15, -0.1) is 6.58 Å². The molecule has 5 nitrogen and oxygen atoms in total. The van der Waals surface area contributed by atoms with Crippen LogP contribution in [0.2, 0.25) is 36.3 Å². The third-order valence-electron chi connectivity index (χ3n) is 7.40. The summed E-state index contributed by atoms with van der Waals surface area (Å²) in [5.41, 5.74) is 0. The van der Waals surface area contributed by atoms with Gasteiger partial charge in [-0.1, -0.05) is 59.8 Å². The van der Waals surface area contributed by atoms with Crippen LogP contribution in [0.25, 0.3) is 0 Å². The second-order valence-electron chi connectivity index (χ2n) is 13.0. The van der Waals surface area contributed by atoms with Crippen molar-refractivity contribution in [2.24, 2.45) is 0 Å². The van der Waals surface area contributed by atoms with E-state index in [9.17, 15) is 5.11 Å². The predicted molar refractivity (Wildman–Crippen MR) is 144 cm³/mol. The molecule has 0 aromatic heterocycles. The maximum atomic E-state index is 10.3. The molecule has 0 aromatic rings. The normalized spacial score (nSPS) is 25.3. The molecule has 1 heterocycles. The van der Waals surface area contributed by atoms with Gasteiger partial charge in [0, 0.05) is 0 Å². The molecule has 1 rings (SSSR count). The van der Waals surface area contributed by atoms with Gasteiger partial charge in [-0.3, -0.25) is 0 Å². The molecule has 0 spiro atoms. The molecule has 0 aromatic carbocycles. The molecule has 0 aliphatic carbocycles. The van der Waals surface area contributed by atoms with Crippen LogP contribution in [0.4, 0.5) is 0 Å². The Bertz CT molecular complexity index is 673. The Morgan fingerprint density at radius 3 is 1.82 bits per heavy atom. The van der Waals surface area contributed by atoms with Gasteiger partial charge in [0.1, 0.15) is 12.2 Å². The van der Waals surface area contributed by atoms with Crippen LogP contribution in [0, 0.1) is 0 Å². The van der Waals surface area contributed by atoms with Crippen LogP contribution in [-0.4, -0.2) is 58.0 Å². The van der Waals surface area contributed by atoms with E-state index in [2.05, 4.69) is 81.2 Å². The highest BCUT2D eigenvalue weighted by Gasteiger charge is 2.51. The highest BCUT2D eigenvalue weighted by molar-refractivity contribution is 6.74. The molecule has 5 atom stereocenters. The zero-order valence-corrected chi connectivity index (χ0v) is 25.6. The molecular formula is C26H52O5Si2. The van der Waals surface area contributed by atoms with Crippen molar-refractivity contribution in [2.45, 2.75) is 141 Å². The van der Waals surface area contributed by atoms with Crippen LogP contribution < -0.4 is 0 Å². The van der Waals surface area contributed by atoms with Crippen LogP contribution in [0.15, 0.2) is 24.8 Å². The Kier molecular flexibility index (Phi) is 10.0. The molecular weight excluding hydrogens is 448 g/mol. The number of rotatable bonds is 10. The first-order valence-corrected chi connectivity index (χ1v) is 18.1. The molecule has 1 aliphatic heterocycles. The molecule has 0 saturated carbocycles. The first-order valence-electron chi connectivity index (χ1n) is 12.3. The third-order valence-corrected chi connectivity index (χ3v) is 16.5. The lowest BCUT2D eigenvalue weighted by atomic mass is 10.0. The summed E-state index contributed by atoms with van der Waals surface area (Å²) >= 11 is 0. The monoisotopic (exact) mass is 500 g/mol. The summed E-state index contributed by atoms with van der Waals surface area (Å²) in [4.78, 5) is 0. The van der Waals surface area contributed by atoms with Crippen molar-refractivity contribution in [1.82, 2.24) is 0 Å². The minimum Gasteiger partial charge on any atom is -0.411 e. The van der Waals surface area contributed by atoms with Gasteiger partial charge in [-0.25, -0.2) is 0 Å². The smallest absolute Gasteiger partial charge is 0.193 e. The van der Waals surface area contributed by atoms with Gasteiger partial charge in [-0.2, -0.15) is 0 Å². The summed E-state index contributed by atoms with van der Waals surface area (Å²) in [7, 11) is -4.14. The second kappa shape index (κ2) is 10.8. The van der Waals surface area contributed by atoms with Crippen LogP contribution >= 0.6 is 0 Å². The summed E-state index contributed by atoms with van der Waals surface area (Å²) < 4.78 is 26.4. The van der Waals surface area contributed by atoms with Gasteiger partial charge in [0.25, 0.3) is 0 Å². The molecule has 1 saturated heterocycles. The summed E-state index contributed by atoms with van der Waals surface area (Å²) in [5.74, 6) is -0.747. The van der Waals surface area contributed by atoms with E-state index in [0.717, 1.165) is 0 Å². The Balaban J connectivity index is 3.34. The van der Waals surface area contributed by atoms with E-state index >= 15 is 0 Å². The van der Waals surface area contributed by atoms with Crippen LogP contribution in [-0.2, 0) is 18.3 Å². The maximum Gasteiger partial charge on any atom is 0.193 e. The fourth-order valence-electron chi connectivity index (χ4n) is 3.36. The fraction of sp³-hybridized carbons (Fsp3) is 0.846. The molecule has 0 unspecified atom stereocenters. The Morgan fingerprint density at radius 2 is 1.36 bits per heavy atom. The minimum absolute atomic E-state index is 0.0343. The number of aliphatic hydroxyl groups excluding tert-OH is 1. The summed E-state index contributed by atoms with van der Waals surface area (Å²) in [6.45, 7) is 32.1. The van der Waals surface area contributed by atoms with E-state index in [1.165, 1.54) is 0 Å². The van der Waals surface area contributed by atoms with Crippen molar-refractivity contribution in [3.8, 4) is 0 Å². The zero-order chi connectivity index (χ0) is 26.0. The van der Waals surface area contributed by atoms with Crippen molar-refractivity contribution >= 4 is 16.6 Å². The number of aliphatic hydroxyl groups is 1. The molecule has 194 valence electrons. The van der Waals surface area contributed by atoms with Crippen LogP contribution in [0.1, 0.15) is 68.7 Å². The largest absolute Gasteiger partial charge is 0.411 e. The maximum absolute atomic E-state index is 10.3. The van der Waals surface area contributed by atoms with E-state index in [4.69, 9.17) is 18.3 Å². The lowest BCUT2D eigenvalue weighted by molar-refractivity contribution is -0.157. The Labute approximate surface area is 206 Å². The quantitative estimate of drug-likeness (QED) is 0.264. The predicted octanol–water partition coefficient (Wildman–Crippen LogP) is 6.80. The molecule has 0 radical (unpaired) electrons. The first kappa shape index (κ1) is 30.7. The average Bonchev–Trinajstić information content (AvgIpc) is 2.92. The fourth-order valence-corrected chi connectivity index (χ4v) is 6.03. The second-order valence-corrected chi connectivity index (χ2v) is 22.5. The van der Waals surface area contributed by atoms with E-state index in [-0.39, 0.29) is 34.5 Å². The molecule has 7 heteroatoms. The van der Waals surface area contributed by atoms with Crippen molar-refractivity contribution in [3.63, 3.8) is 0 Å². The molecule has 0 bridgehead atoms. The first-order chi connectivity index (χ1) is 14.6. The number of hydrogen-bond donors (Lipinski definition) is 1. The molecule has 33 heavy (non-hydrogen) atoms. The van der Waals surface area contributed by atoms with E-state index < -0.39 is 28.5 Å². The van der Waals surface area contributed by atoms with Crippen LogP contribution in [0.5, 0.6) is 0 Å². The summed E-state index contributed by atoms with van der Waals surface area (Å²) in [5, 5.41) is 10.5. The lowest BCUT2D eigenvalue weighted by Gasteiger charge is -2.42. The highest BCUT2D eigenvalue weighted by atomic mass is 28.4. The molecule has 1 aliphatic rings. The number of hydrogen-bond acceptors (Lipinski definition) is 5. The SMILES string of the molecule is C=CC[C@@H](O)/C=C\[C@H](O[Si](C)(C)C(C)(C)C)[C@@H]1OC(C)(C)O[C@H]1[C@H](C)O[Si](C)(C)C(C)(C)C. The third kappa shape index (κ3) is 8.41. The molecule has 0 amide bonds. The minimum atomic E-state index is -2.13. The zero-order valence-electron chi connectivity index (χ0n) is 23.6. The molecule has 1 N–H and O–H groups in total. The van der Waals surface area contributed by atoms with Gasteiger partial charge in [0.15, 0.2) is 22.4 Å². The Morgan fingerprint density at radius 1 is 0.909 bits per heavy atom. The lowest BCUT2D eigenvalue weighted by Crippen LogP contribution is -2.52. The van der Waals surface area contributed by atoms with Gasteiger partial charge in [0.05, 0.1) is 18.3 Å². The van der Waals surface area contributed by atoms with E-state index in [1.54, 1.807) is 12.2 Å². The van der Waals surface area contributed by atoms with Gasteiger partial charge in [-0.05, 0) is 63.5 Å². The average molecular weight is 501 g/mol.